The van der Waals surface area contributed by atoms with Crippen molar-refractivity contribution in [3.8, 4) is 0 Å². The molecule has 1 rings (SSSR count). The van der Waals surface area contributed by atoms with Gasteiger partial charge in [-0.05, 0) is 24.0 Å². The van der Waals surface area contributed by atoms with Crippen molar-refractivity contribution in [2.24, 2.45) is 11.7 Å². The van der Waals surface area contributed by atoms with Crippen LogP contribution in [0, 0.1) is 5.92 Å². The van der Waals surface area contributed by atoms with Gasteiger partial charge in [0.15, 0.2) is 0 Å². The Hall–Kier alpha value is -1.59. The largest absolute Gasteiger partial charge is 0.383 e. The second-order valence-electron chi connectivity index (χ2n) is 5.40. The van der Waals surface area contributed by atoms with E-state index in [2.05, 4.69) is 5.32 Å². The van der Waals surface area contributed by atoms with Crippen LogP contribution in [-0.4, -0.2) is 29.1 Å². The molecule has 0 aliphatic heterocycles. The SMILES string of the molecule is CC(C)C[C@@H](O)C(=O)N[C@H](Cc1ccccc1Cl)C(N)=O. The molecule has 0 aliphatic rings. The van der Waals surface area contributed by atoms with Gasteiger partial charge in [-0.3, -0.25) is 9.59 Å². The molecule has 1 aromatic rings. The summed E-state index contributed by atoms with van der Waals surface area (Å²) in [6.45, 7) is 3.79. The molecule has 5 nitrogen and oxygen atoms in total. The molecule has 0 saturated carbocycles. The molecule has 0 saturated heterocycles. The zero-order valence-electron chi connectivity index (χ0n) is 12.2. The summed E-state index contributed by atoms with van der Waals surface area (Å²) in [4.78, 5) is 23.3. The van der Waals surface area contributed by atoms with Crippen molar-refractivity contribution >= 4 is 23.4 Å². The Kier molecular flexibility index (Phi) is 6.65. The van der Waals surface area contributed by atoms with Crippen LogP contribution in [0.25, 0.3) is 0 Å². The van der Waals surface area contributed by atoms with Crippen molar-refractivity contribution in [3.63, 3.8) is 0 Å². The average molecular weight is 313 g/mol. The molecule has 0 fully saturated rings. The van der Waals surface area contributed by atoms with E-state index in [9.17, 15) is 14.7 Å². The number of amides is 2. The maximum atomic E-state index is 11.9. The van der Waals surface area contributed by atoms with E-state index in [4.69, 9.17) is 17.3 Å². The fraction of sp³-hybridized carbons (Fsp3) is 0.467. The van der Waals surface area contributed by atoms with Crippen LogP contribution in [0.15, 0.2) is 24.3 Å². The molecule has 6 heteroatoms. The minimum absolute atomic E-state index is 0.168. The van der Waals surface area contributed by atoms with Gasteiger partial charge in [0.1, 0.15) is 12.1 Å². The molecule has 0 radical (unpaired) electrons. The van der Waals surface area contributed by atoms with Gasteiger partial charge in [-0.15, -0.1) is 0 Å². The molecule has 4 N–H and O–H groups in total. The summed E-state index contributed by atoms with van der Waals surface area (Å²) >= 11 is 6.03. The zero-order valence-corrected chi connectivity index (χ0v) is 12.9. The Morgan fingerprint density at radius 2 is 1.95 bits per heavy atom. The van der Waals surface area contributed by atoms with Gasteiger partial charge in [0.25, 0.3) is 0 Å². The Labute approximate surface area is 129 Å². The van der Waals surface area contributed by atoms with Crippen molar-refractivity contribution in [2.75, 3.05) is 0 Å². The fourth-order valence-electron chi connectivity index (χ4n) is 1.93. The lowest BCUT2D eigenvalue weighted by Crippen LogP contribution is -2.49. The number of primary amides is 1. The molecule has 116 valence electrons. The quantitative estimate of drug-likeness (QED) is 0.707. The first-order chi connectivity index (χ1) is 9.81. The van der Waals surface area contributed by atoms with E-state index in [0.29, 0.717) is 17.0 Å². The molecule has 0 aromatic heterocycles. The highest BCUT2D eigenvalue weighted by Crippen LogP contribution is 2.16. The summed E-state index contributed by atoms with van der Waals surface area (Å²) in [5.41, 5.74) is 6.02. The monoisotopic (exact) mass is 312 g/mol. The molecular weight excluding hydrogens is 292 g/mol. The van der Waals surface area contributed by atoms with Crippen LogP contribution >= 0.6 is 11.6 Å². The van der Waals surface area contributed by atoms with E-state index in [0.717, 1.165) is 0 Å². The highest BCUT2D eigenvalue weighted by molar-refractivity contribution is 6.31. The van der Waals surface area contributed by atoms with Crippen LogP contribution in [0.5, 0.6) is 0 Å². The van der Waals surface area contributed by atoms with E-state index in [1.165, 1.54) is 0 Å². The summed E-state index contributed by atoms with van der Waals surface area (Å²) < 4.78 is 0. The normalized spacial score (nSPS) is 13.8. The van der Waals surface area contributed by atoms with Crippen LogP contribution in [0.4, 0.5) is 0 Å². The fourth-order valence-corrected chi connectivity index (χ4v) is 2.14. The van der Waals surface area contributed by atoms with Gasteiger partial charge in [0.05, 0.1) is 0 Å². The van der Waals surface area contributed by atoms with Gasteiger partial charge in [-0.2, -0.15) is 0 Å². The highest BCUT2D eigenvalue weighted by atomic mass is 35.5. The minimum Gasteiger partial charge on any atom is -0.383 e. The van der Waals surface area contributed by atoms with E-state index >= 15 is 0 Å². The second kappa shape index (κ2) is 8.00. The number of carbonyl (C=O) groups excluding carboxylic acids is 2. The van der Waals surface area contributed by atoms with Crippen molar-refractivity contribution in [1.82, 2.24) is 5.32 Å². The Morgan fingerprint density at radius 1 is 1.33 bits per heavy atom. The molecule has 0 aliphatic carbocycles. The first kappa shape index (κ1) is 17.5. The summed E-state index contributed by atoms with van der Waals surface area (Å²) in [5, 5.41) is 12.7. The maximum absolute atomic E-state index is 11.9. The lowest BCUT2D eigenvalue weighted by molar-refractivity contribution is -0.133. The summed E-state index contributed by atoms with van der Waals surface area (Å²) in [7, 11) is 0. The third kappa shape index (κ3) is 5.73. The van der Waals surface area contributed by atoms with E-state index in [1.807, 2.05) is 13.8 Å². The number of nitrogens with one attached hydrogen (secondary N) is 1. The van der Waals surface area contributed by atoms with Gasteiger partial charge in [-0.1, -0.05) is 43.6 Å². The van der Waals surface area contributed by atoms with Crippen molar-refractivity contribution < 1.29 is 14.7 Å². The Balaban J connectivity index is 2.73. The molecule has 1 aromatic carbocycles. The average Bonchev–Trinajstić information content (AvgIpc) is 2.39. The highest BCUT2D eigenvalue weighted by Gasteiger charge is 2.24. The van der Waals surface area contributed by atoms with E-state index in [-0.39, 0.29) is 12.3 Å². The maximum Gasteiger partial charge on any atom is 0.249 e. The van der Waals surface area contributed by atoms with E-state index in [1.54, 1.807) is 24.3 Å². The van der Waals surface area contributed by atoms with Gasteiger partial charge < -0.3 is 16.2 Å². The molecule has 0 unspecified atom stereocenters. The molecule has 2 atom stereocenters. The first-order valence-corrected chi connectivity index (χ1v) is 7.20. The standard InChI is InChI=1S/C15H21ClN2O3/c1-9(2)7-13(19)15(21)18-12(14(17)20)8-10-5-3-4-6-11(10)16/h3-6,9,12-13,19H,7-8H2,1-2H3,(H2,17,20)(H,18,21)/t12-,13-/m1/s1. The molecule has 0 spiro atoms. The third-order valence-electron chi connectivity index (χ3n) is 3.04. The van der Waals surface area contributed by atoms with Crippen LogP contribution < -0.4 is 11.1 Å². The number of hydrogen-bond acceptors (Lipinski definition) is 3. The number of hydrogen-bond donors (Lipinski definition) is 3. The van der Waals surface area contributed by atoms with Gasteiger partial charge >= 0.3 is 0 Å². The van der Waals surface area contributed by atoms with Crippen molar-refractivity contribution in [2.45, 2.75) is 38.8 Å². The van der Waals surface area contributed by atoms with Gasteiger partial charge in [-0.25, -0.2) is 0 Å². The first-order valence-electron chi connectivity index (χ1n) is 6.82. The predicted octanol–water partition coefficient (Wildman–Crippen LogP) is 1.26. The van der Waals surface area contributed by atoms with Crippen LogP contribution in [0.2, 0.25) is 5.02 Å². The number of rotatable bonds is 7. The number of carbonyl (C=O) groups is 2. The lowest BCUT2D eigenvalue weighted by atomic mass is 10.0. The number of aliphatic hydroxyl groups excluding tert-OH is 1. The number of nitrogens with two attached hydrogens (primary N) is 1. The minimum atomic E-state index is -1.15. The van der Waals surface area contributed by atoms with E-state index < -0.39 is 24.0 Å². The molecule has 0 heterocycles. The molecule has 0 bridgehead atoms. The Morgan fingerprint density at radius 3 is 2.48 bits per heavy atom. The van der Waals surface area contributed by atoms with Crippen LogP contribution in [-0.2, 0) is 16.0 Å². The van der Waals surface area contributed by atoms with Crippen molar-refractivity contribution in [1.29, 1.82) is 0 Å². The molecule has 2 amide bonds. The summed E-state index contributed by atoms with van der Waals surface area (Å²) in [6, 6.07) is 6.11. The van der Waals surface area contributed by atoms with Crippen LogP contribution in [0.3, 0.4) is 0 Å². The van der Waals surface area contributed by atoms with Crippen LogP contribution in [0.1, 0.15) is 25.8 Å². The number of halogens is 1. The van der Waals surface area contributed by atoms with Gasteiger partial charge in [0, 0.05) is 11.4 Å². The smallest absolute Gasteiger partial charge is 0.249 e. The Bertz CT molecular complexity index is 505. The topological polar surface area (TPSA) is 92.4 Å². The molecule has 21 heavy (non-hydrogen) atoms. The van der Waals surface area contributed by atoms with Crippen molar-refractivity contribution in [3.05, 3.63) is 34.9 Å². The number of aliphatic hydroxyl groups is 1. The van der Waals surface area contributed by atoms with Gasteiger partial charge in [0.2, 0.25) is 11.8 Å². The predicted molar refractivity (Wildman–Crippen MR) is 81.7 cm³/mol. The lowest BCUT2D eigenvalue weighted by Gasteiger charge is -2.19. The second-order valence-corrected chi connectivity index (χ2v) is 5.81. The molecular formula is C15H21ClN2O3. The number of benzene rings is 1. The zero-order chi connectivity index (χ0) is 16.0. The summed E-state index contributed by atoms with van der Waals surface area (Å²) in [6.07, 6.45) is -0.642. The third-order valence-corrected chi connectivity index (χ3v) is 3.41. The summed E-state index contributed by atoms with van der Waals surface area (Å²) in [5.74, 6) is -1.10.